The van der Waals surface area contributed by atoms with Crippen molar-refractivity contribution in [2.45, 2.75) is 27.7 Å². The topological polar surface area (TPSA) is 66.9 Å². The molecule has 100 valence electrons. The number of aromatic nitrogens is 2. The summed E-state index contributed by atoms with van der Waals surface area (Å²) in [6.07, 6.45) is 3.02. The molecule has 0 radical (unpaired) electrons. The van der Waals surface area contributed by atoms with Gasteiger partial charge in [-0.15, -0.1) is 0 Å². The van der Waals surface area contributed by atoms with Gasteiger partial charge in [0.2, 0.25) is 0 Å². The molecule has 0 atom stereocenters. The van der Waals surface area contributed by atoms with E-state index in [1.54, 1.807) is 13.2 Å². The van der Waals surface area contributed by atoms with E-state index in [2.05, 4.69) is 48.3 Å². The predicted octanol–water partition coefficient (Wildman–Crippen LogP) is 1.93. The zero-order valence-electron chi connectivity index (χ0n) is 11.7. The van der Waals surface area contributed by atoms with Crippen LogP contribution in [-0.4, -0.2) is 29.5 Å². The van der Waals surface area contributed by atoms with Crippen LogP contribution in [0.15, 0.2) is 12.4 Å². The highest BCUT2D eigenvalue weighted by Crippen LogP contribution is 2.24. The first-order valence-corrected chi connectivity index (χ1v) is 6.15. The molecule has 2 N–H and O–H groups in total. The van der Waals surface area contributed by atoms with E-state index in [0.717, 1.165) is 0 Å². The van der Waals surface area contributed by atoms with Gasteiger partial charge in [-0.3, -0.25) is 4.79 Å². The molecule has 1 amide bonds. The Hall–Kier alpha value is -1.65. The lowest BCUT2D eigenvalue weighted by atomic mass is 9.81. The van der Waals surface area contributed by atoms with Crippen molar-refractivity contribution in [3.8, 4) is 0 Å². The molecule has 0 aliphatic heterocycles. The Bertz CT molecular complexity index is 398. The standard InChI is InChI=1S/C13H22N4O/c1-9(2)13(3,4)8-17-12(18)10-6-16-11(14-5)7-15-10/h6-7,9H,8H2,1-5H3,(H,14,16)(H,17,18). The molecule has 0 aromatic carbocycles. The normalized spacial score (nSPS) is 11.4. The Balaban J connectivity index is 2.60. The first-order chi connectivity index (χ1) is 8.36. The van der Waals surface area contributed by atoms with Crippen LogP contribution in [0.4, 0.5) is 5.82 Å². The van der Waals surface area contributed by atoms with Gasteiger partial charge >= 0.3 is 0 Å². The molecular formula is C13H22N4O. The molecule has 1 aromatic rings. The van der Waals surface area contributed by atoms with Crippen molar-refractivity contribution in [2.24, 2.45) is 11.3 Å². The van der Waals surface area contributed by atoms with E-state index >= 15 is 0 Å². The summed E-state index contributed by atoms with van der Waals surface area (Å²) in [6, 6.07) is 0. The van der Waals surface area contributed by atoms with Crippen molar-refractivity contribution in [3.63, 3.8) is 0 Å². The lowest BCUT2D eigenvalue weighted by molar-refractivity contribution is 0.0919. The van der Waals surface area contributed by atoms with Gasteiger partial charge in [-0.25, -0.2) is 9.97 Å². The summed E-state index contributed by atoms with van der Waals surface area (Å²) in [5.74, 6) is 0.962. The van der Waals surface area contributed by atoms with E-state index in [1.807, 2.05) is 0 Å². The smallest absolute Gasteiger partial charge is 0.271 e. The second-order valence-electron chi connectivity index (χ2n) is 5.36. The molecule has 1 aromatic heterocycles. The van der Waals surface area contributed by atoms with Crippen molar-refractivity contribution in [1.82, 2.24) is 15.3 Å². The van der Waals surface area contributed by atoms with Crippen molar-refractivity contribution < 1.29 is 4.79 Å². The molecule has 0 bridgehead atoms. The van der Waals surface area contributed by atoms with Crippen LogP contribution in [0.3, 0.4) is 0 Å². The number of rotatable bonds is 5. The molecule has 0 aliphatic rings. The molecule has 0 fully saturated rings. The Labute approximate surface area is 108 Å². The first-order valence-electron chi connectivity index (χ1n) is 6.15. The van der Waals surface area contributed by atoms with Gasteiger partial charge in [-0.1, -0.05) is 27.7 Å². The molecule has 1 rings (SSSR count). The molecular weight excluding hydrogens is 228 g/mol. The third-order valence-electron chi connectivity index (χ3n) is 3.41. The number of hydrogen-bond donors (Lipinski definition) is 2. The van der Waals surface area contributed by atoms with Gasteiger partial charge in [-0.05, 0) is 11.3 Å². The summed E-state index contributed by atoms with van der Waals surface area (Å²) < 4.78 is 0. The fourth-order valence-electron chi connectivity index (χ4n) is 1.18. The van der Waals surface area contributed by atoms with Gasteiger partial charge in [0.05, 0.1) is 12.4 Å². The summed E-state index contributed by atoms with van der Waals surface area (Å²) in [7, 11) is 1.76. The van der Waals surface area contributed by atoms with Crippen molar-refractivity contribution in [1.29, 1.82) is 0 Å². The largest absolute Gasteiger partial charge is 0.372 e. The minimum atomic E-state index is -0.182. The fourth-order valence-corrected chi connectivity index (χ4v) is 1.18. The molecule has 0 unspecified atom stereocenters. The summed E-state index contributed by atoms with van der Waals surface area (Å²) in [4.78, 5) is 20.0. The minimum Gasteiger partial charge on any atom is -0.372 e. The Morgan fingerprint density at radius 3 is 2.44 bits per heavy atom. The molecule has 5 heteroatoms. The molecule has 0 aliphatic carbocycles. The van der Waals surface area contributed by atoms with E-state index < -0.39 is 0 Å². The lowest BCUT2D eigenvalue weighted by Gasteiger charge is -2.29. The van der Waals surface area contributed by atoms with Crippen LogP contribution in [0.2, 0.25) is 0 Å². The summed E-state index contributed by atoms with van der Waals surface area (Å²) >= 11 is 0. The maximum absolute atomic E-state index is 11.9. The highest BCUT2D eigenvalue weighted by molar-refractivity contribution is 5.92. The van der Waals surface area contributed by atoms with Crippen LogP contribution in [0.25, 0.3) is 0 Å². The Morgan fingerprint density at radius 1 is 1.33 bits per heavy atom. The highest BCUT2D eigenvalue weighted by Gasteiger charge is 2.23. The van der Waals surface area contributed by atoms with Crippen LogP contribution in [0.1, 0.15) is 38.2 Å². The summed E-state index contributed by atoms with van der Waals surface area (Å²) in [5, 5.41) is 5.76. The second-order valence-corrected chi connectivity index (χ2v) is 5.36. The third-order valence-corrected chi connectivity index (χ3v) is 3.41. The number of hydrogen-bond acceptors (Lipinski definition) is 4. The number of carbonyl (C=O) groups excluding carboxylic acids is 1. The maximum Gasteiger partial charge on any atom is 0.271 e. The van der Waals surface area contributed by atoms with E-state index in [9.17, 15) is 4.79 Å². The van der Waals surface area contributed by atoms with Crippen LogP contribution in [0, 0.1) is 11.3 Å². The molecule has 5 nitrogen and oxygen atoms in total. The quantitative estimate of drug-likeness (QED) is 0.838. The maximum atomic E-state index is 11.9. The van der Waals surface area contributed by atoms with Crippen LogP contribution in [0.5, 0.6) is 0 Å². The van der Waals surface area contributed by atoms with E-state index in [0.29, 0.717) is 24.0 Å². The molecule has 0 saturated heterocycles. The fraction of sp³-hybridized carbons (Fsp3) is 0.615. The summed E-state index contributed by atoms with van der Waals surface area (Å²) in [5.41, 5.74) is 0.405. The van der Waals surface area contributed by atoms with Crippen LogP contribution < -0.4 is 10.6 Å². The molecule has 0 spiro atoms. The number of nitrogens with zero attached hydrogens (tertiary/aromatic N) is 2. The van der Waals surface area contributed by atoms with E-state index in [-0.39, 0.29) is 11.3 Å². The molecule has 1 heterocycles. The van der Waals surface area contributed by atoms with Gasteiger partial charge in [0.15, 0.2) is 0 Å². The number of carbonyl (C=O) groups is 1. The number of amides is 1. The van der Waals surface area contributed by atoms with E-state index in [1.165, 1.54) is 6.20 Å². The van der Waals surface area contributed by atoms with Crippen molar-refractivity contribution in [2.75, 3.05) is 18.9 Å². The predicted molar refractivity (Wildman–Crippen MR) is 72.5 cm³/mol. The van der Waals surface area contributed by atoms with Gasteiger partial charge in [0.25, 0.3) is 5.91 Å². The van der Waals surface area contributed by atoms with Gasteiger partial charge in [0.1, 0.15) is 11.5 Å². The molecule has 18 heavy (non-hydrogen) atoms. The Morgan fingerprint density at radius 2 is 2.00 bits per heavy atom. The monoisotopic (exact) mass is 250 g/mol. The average Bonchev–Trinajstić information content (AvgIpc) is 2.36. The number of nitrogens with one attached hydrogen (secondary N) is 2. The van der Waals surface area contributed by atoms with Crippen molar-refractivity contribution >= 4 is 11.7 Å². The second kappa shape index (κ2) is 5.80. The summed E-state index contributed by atoms with van der Waals surface area (Å²) in [6.45, 7) is 9.18. The van der Waals surface area contributed by atoms with Crippen LogP contribution in [-0.2, 0) is 0 Å². The van der Waals surface area contributed by atoms with Gasteiger partial charge in [-0.2, -0.15) is 0 Å². The van der Waals surface area contributed by atoms with Gasteiger partial charge < -0.3 is 10.6 Å². The average molecular weight is 250 g/mol. The SMILES string of the molecule is CNc1cnc(C(=O)NCC(C)(C)C(C)C)cn1. The third kappa shape index (κ3) is 3.68. The highest BCUT2D eigenvalue weighted by atomic mass is 16.1. The van der Waals surface area contributed by atoms with Crippen molar-refractivity contribution in [3.05, 3.63) is 18.1 Å². The van der Waals surface area contributed by atoms with Gasteiger partial charge in [0, 0.05) is 13.6 Å². The Kier molecular flexibility index (Phi) is 4.64. The lowest BCUT2D eigenvalue weighted by Crippen LogP contribution is -2.37. The van der Waals surface area contributed by atoms with E-state index in [4.69, 9.17) is 0 Å². The van der Waals surface area contributed by atoms with Crippen LogP contribution >= 0.6 is 0 Å². The first kappa shape index (κ1) is 14.4. The minimum absolute atomic E-state index is 0.0635. The zero-order chi connectivity index (χ0) is 13.8. The number of anilines is 1. The molecule has 0 saturated carbocycles. The zero-order valence-corrected chi connectivity index (χ0v) is 11.7.